The van der Waals surface area contributed by atoms with Crippen molar-refractivity contribution in [3.05, 3.63) is 120 Å². The van der Waals surface area contributed by atoms with Gasteiger partial charge in [-0.1, -0.05) is 84.0 Å². The number of nitrogens with one attached hydrogen (secondary N) is 1. The van der Waals surface area contributed by atoms with E-state index in [9.17, 15) is 0 Å². The van der Waals surface area contributed by atoms with Crippen LogP contribution >= 0.6 is 0 Å². The summed E-state index contributed by atoms with van der Waals surface area (Å²) in [5.74, 6) is 0.968. The average Bonchev–Trinajstić information content (AvgIpc) is 3.81. The molecule has 9 aromatic rings. The molecule has 0 bridgehead atoms. The lowest BCUT2D eigenvalue weighted by Gasteiger charge is -2.22. The highest BCUT2D eigenvalue weighted by molar-refractivity contribution is 6.14. The summed E-state index contributed by atoms with van der Waals surface area (Å²) >= 11 is 0. The van der Waals surface area contributed by atoms with Gasteiger partial charge >= 0.3 is 0 Å². The van der Waals surface area contributed by atoms with Crippen LogP contribution in [0, 0.1) is 0 Å². The molecule has 0 saturated carbocycles. The van der Waals surface area contributed by atoms with E-state index in [-0.39, 0.29) is 16.9 Å². The summed E-state index contributed by atoms with van der Waals surface area (Å²) in [5.41, 5.74) is 13.8. The van der Waals surface area contributed by atoms with Crippen molar-refractivity contribution in [3.63, 3.8) is 0 Å². The van der Waals surface area contributed by atoms with Crippen LogP contribution in [0.15, 0.2) is 114 Å². The third-order valence-corrected chi connectivity index (χ3v) is 10.6. The molecule has 9 rings (SSSR count). The highest BCUT2D eigenvalue weighted by Crippen LogP contribution is 2.44. The minimum atomic E-state index is -0.0569. The van der Waals surface area contributed by atoms with Crippen LogP contribution in [0.4, 0.5) is 0 Å². The van der Waals surface area contributed by atoms with Gasteiger partial charge in [0.1, 0.15) is 17.0 Å². The first-order valence-corrected chi connectivity index (χ1v) is 18.4. The summed E-state index contributed by atoms with van der Waals surface area (Å²) in [7, 11) is 0. The zero-order chi connectivity index (χ0) is 36.1. The molecule has 4 heterocycles. The van der Waals surface area contributed by atoms with Gasteiger partial charge in [-0.3, -0.25) is 4.98 Å². The normalized spacial score (nSPS) is 12.8. The second-order valence-electron chi connectivity index (χ2n) is 16.6. The fourth-order valence-corrected chi connectivity index (χ4v) is 7.83. The Labute approximate surface area is 304 Å². The summed E-state index contributed by atoms with van der Waals surface area (Å²) in [6.07, 6.45) is 1.84. The number of aromatic nitrogens is 4. The van der Waals surface area contributed by atoms with Crippen molar-refractivity contribution >= 4 is 54.8 Å². The number of fused-ring (bicyclic) bond motifs is 7. The van der Waals surface area contributed by atoms with Crippen LogP contribution < -0.4 is 0 Å². The fraction of sp³-hybridized carbons (Fsp3) is 0.234. The van der Waals surface area contributed by atoms with Crippen LogP contribution in [0.1, 0.15) is 72.6 Å². The van der Waals surface area contributed by atoms with Crippen LogP contribution in [0.25, 0.3) is 88.5 Å². The third kappa shape index (κ3) is 5.05. The Balaban J connectivity index is 1.34. The molecule has 0 atom stereocenters. The summed E-state index contributed by atoms with van der Waals surface area (Å²) in [5, 5.41) is 4.65. The SMILES string of the molecule is CC(C)n1c(-c2cc(C(C)(C)C)cc3c2[nH]c2ccc(C(C)(C)C)cc23)nc2c(-c3cc(-c4ccccn4)c4oc5ccccc5c4c3)cccc21. The highest BCUT2D eigenvalue weighted by atomic mass is 16.3. The molecule has 0 spiro atoms. The van der Waals surface area contributed by atoms with E-state index in [2.05, 4.69) is 144 Å². The number of imidazole rings is 1. The van der Waals surface area contributed by atoms with Crippen molar-refractivity contribution in [2.24, 2.45) is 0 Å². The molecule has 0 saturated heterocycles. The molecule has 5 heteroatoms. The predicted octanol–water partition coefficient (Wildman–Crippen LogP) is 13.1. The van der Waals surface area contributed by atoms with Crippen molar-refractivity contribution in [2.75, 3.05) is 0 Å². The van der Waals surface area contributed by atoms with Gasteiger partial charge in [-0.15, -0.1) is 0 Å². The smallest absolute Gasteiger partial charge is 0.144 e. The van der Waals surface area contributed by atoms with Gasteiger partial charge < -0.3 is 14.0 Å². The molecule has 5 aromatic carbocycles. The van der Waals surface area contributed by atoms with E-state index in [1.807, 2.05) is 30.5 Å². The Hall–Kier alpha value is -5.68. The highest BCUT2D eigenvalue weighted by Gasteiger charge is 2.26. The topological polar surface area (TPSA) is 59.6 Å². The van der Waals surface area contributed by atoms with Crippen LogP contribution in [0.3, 0.4) is 0 Å². The maximum absolute atomic E-state index is 6.50. The molecule has 52 heavy (non-hydrogen) atoms. The van der Waals surface area contributed by atoms with Crippen molar-refractivity contribution < 1.29 is 4.42 Å². The van der Waals surface area contributed by atoms with Crippen molar-refractivity contribution in [3.8, 4) is 33.8 Å². The number of nitrogens with zero attached hydrogens (tertiary/aromatic N) is 3. The van der Waals surface area contributed by atoms with Gasteiger partial charge in [-0.05, 0) is 102 Å². The molecule has 0 radical (unpaired) electrons. The van der Waals surface area contributed by atoms with E-state index in [0.717, 1.165) is 77.8 Å². The first kappa shape index (κ1) is 32.2. The Morgan fingerprint density at radius 1 is 0.654 bits per heavy atom. The number of furan rings is 1. The molecule has 0 aliphatic rings. The van der Waals surface area contributed by atoms with E-state index in [1.165, 1.54) is 21.9 Å². The Bertz CT molecular complexity index is 2830. The van der Waals surface area contributed by atoms with Crippen LogP contribution in [0.5, 0.6) is 0 Å². The Morgan fingerprint density at radius 3 is 2.17 bits per heavy atom. The summed E-state index contributed by atoms with van der Waals surface area (Å²) in [6.45, 7) is 18.2. The predicted molar refractivity (Wildman–Crippen MR) is 218 cm³/mol. The zero-order valence-electron chi connectivity index (χ0n) is 31.2. The molecular formula is C47H44N4O. The van der Waals surface area contributed by atoms with Gasteiger partial charge in [-0.25, -0.2) is 4.98 Å². The number of hydrogen-bond donors (Lipinski definition) is 1. The second-order valence-corrected chi connectivity index (χ2v) is 16.6. The standard InChI is InChI=1S/C47H44N4O/c1-27(2)51-40-17-13-15-31(28-22-35-32-14-9-10-18-41(32)52-44(35)36(23-28)38-16-11-12-21-48-38)43(40)50-45(51)37-26-30(47(6,7)8)25-34-33-24-29(46(3,4)5)19-20-39(33)49-42(34)37/h9-27,49H,1-8H3. The molecule has 0 amide bonds. The maximum atomic E-state index is 6.50. The molecule has 0 aliphatic heterocycles. The van der Waals surface area contributed by atoms with E-state index in [4.69, 9.17) is 14.4 Å². The van der Waals surface area contributed by atoms with Crippen LogP contribution in [-0.2, 0) is 10.8 Å². The number of aromatic amines is 1. The average molecular weight is 681 g/mol. The lowest BCUT2D eigenvalue weighted by atomic mass is 9.84. The van der Waals surface area contributed by atoms with Gasteiger partial charge in [0.05, 0.1) is 22.2 Å². The number of hydrogen-bond acceptors (Lipinski definition) is 3. The summed E-state index contributed by atoms with van der Waals surface area (Å²) in [4.78, 5) is 14.2. The second kappa shape index (κ2) is 11.4. The fourth-order valence-electron chi connectivity index (χ4n) is 7.83. The quantitative estimate of drug-likeness (QED) is 0.201. The minimum Gasteiger partial charge on any atom is -0.455 e. The van der Waals surface area contributed by atoms with Crippen molar-refractivity contribution in [1.29, 1.82) is 0 Å². The monoisotopic (exact) mass is 680 g/mol. The van der Waals surface area contributed by atoms with Crippen LogP contribution in [0.2, 0.25) is 0 Å². The minimum absolute atomic E-state index is 0.0481. The number of rotatable bonds is 4. The van der Waals surface area contributed by atoms with Gasteiger partial charge in [0.25, 0.3) is 0 Å². The molecule has 258 valence electrons. The summed E-state index contributed by atoms with van der Waals surface area (Å²) in [6, 6.07) is 37.2. The number of benzene rings is 5. The first-order chi connectivity index (χ1) is 24.9. The van der Waals surface area contributed by atoms with Gasteiger partial charge in [0.15, 0.2) is 0 Å². The Kier molecular flexibility index (Phi) is 7.08. The first-order valence-electron chi connectivity index (χ1n) is 18.4. The van der Waals surface area contributed by atoms with E-state index < -0.39 is 0 Å². The maximum Gasteiger partial charge on any atom is 0.144 e. The lowest BCUT2D eigenvalue weighted by molar-refractivity contribution is 0.590. The lowest BCUT2D eigenvalue weighted by Crippen LogP contribution is -2.12. The summed E-state index contributed by atoms with van der Waals surface area (Å²) < 4.78 is 8.91. The molecule has 5 nitrogen and oxygen atoms in total. The van der Waals surface area contributed by atoms with Gasteiger partial charge in [-0.2, -0.15) is 0 Å². The molecule has 1 N–H and O–H groups in total. The molecule has 0 unspecified atom stereocenters. The molecule has 4 aromatic heterocycles. The molecule has 0 fully saturated rings. The van der Waals surface area contributed by atoms with E-state index >= 15 is 0 Å². The molecule has 0 aliphatic carbocycles. The van der Waals surface area contributed by atoms with Gasteiger partial charge in [0, 0.05) is 56.0 Å². The van der Waals surface area contributed by atoms with E-state index in [0.29, 0.717) is 0 Å². The number of pyridine rings is 1. The van der Waals surface area contributed by atoms with Crippen LogP contribution in [-0.4, -0.2) is 19.5 Å². The largest absolute Gasteiger partial charge is 0.455 e. The van der Waals surface area contributed by atoms with E-state index in [1.54, 1.807) is 0 Å². The third-order valence-electron chi connectivity index (χ3n) is 10.6. The number of H-pyrrole nitrogens is 1. The van der Waals surface area contributed by atoms with Crippen molar-refractivity contribution in [1.82, 2.24) is 19.5 Å². The molecular weight excluding hydrogens is 637 g/mol. The van der Waals surface area contributed by atoms with Crippen molar-refractivity contribution in [2.45, 2.75) is 72.3 Å². The van der Waals surface area contributed by atoms with Gasteiger partial charge in [0.2, 0.25) is 0 Å². The number of para-hydroxylation sites is 2. The Morgan fingerprint density at radius 2 is 1.42 bits per heavy atom. The zero-order valence-corrected chi connectivity index (χ0v) is 31.2.